The summed E-state index contributed by atoms with van der Waals surface area (Å²) >= 11 is 0. The number of hydrogen-bond donors (Lipinski definition) is 1. The molecule has 1 fully saturated rings. The van der Waals surface area contributed by atoms with Crippen molar-refractivity contribution in [1.29, 1.82) is 0 Å². The van der Waals surface area contributed by atoms with E-state index in [9.17, 15) is 5.11 Å². The van der Waals surface area contributed by atoms with E-state index in [4.69, 9.17) is 0 Å². The lowest BCUT2D eigenvalue weighted by molar-refractivity contribution is 0.0992. The molecule has 0 radical (unpaired) electrons. The van der Waals surface area contributed by atoms with Gasteiger partial charge in [0.1, 0.15) is 0 Å². The molecule has 1 nitrogen and oxygen atoms in total. The molecular weight excluding hydrogens is 100 g/mol. The van der Waals surface area contributed by atoms with Crippen LogP contribution in [0.3, 0.4) is 0 Å². The summed E-state index contributed by atoms with van der Waals surface area (Å²) in [6.07, 6.45) is 3.32. The SMILES string of the molecule is CC[C@@H](O)C1(C)CC1. The van der Waals surface area contributed by atoms with E-state index in [0.717, 1.165) is 6.42 Å². The summed E-state index contributed by atoms with van der Waals surface area (Å²) in [5, 5.41) is 9.26. The Balaban J connectivity index is 2.34. The lowest BCUT2D eigenvalue weighted by Gasteiger charge is -2.13. The minimum Gasteiger partial charge on any atom is -0.393 e. The van der Waals surface area contributed by atoms with Gasteiger partial charge in [0.05, 0.1) is 6.10 Å². The summed E-state index contributed by atoms with van der Waals surface area (Å²) in [5.74, 6) is 0. The molecule has 0 spiro atoms. The molecular formula is C7H14O. The van der Waals surface area contributed by atoms with E-state index in [-0.39, 0.29) is 6.10 Å². The Bertz CT molecular complexity index is 84.4. The van der Waals surface area contributed by atoms with Crippen molar-refractivity contribution >= 4 is 0 Å². The number of aliphatic hydroxyl groups excluding tert-OH is 1. The van der Waals surface area contributed by atoms with Gasteiger partial charge in [-0.2, -0.15) is 0 Å². The van der Waals surface area contributed by atoms with E-state index in [1.165, 1.54) is 12.8 Å². The Labute approximate surface area is 50.7 Å². The van der Waals surface area contributed by atoms with Gasteiger partial charge in [-0.05, 0) is 24.7 Å². The first-order valence-electron chi connectivity index (χ1n) is 3.37. The fourth-order valence-corrected chi connectivity index (χ4v) is 1.02. The summed E-state index contributed by atoms with van der Waals surface area (Å²) in [4.78, 5) is 0. The average molecular weight is 114 g/mol. The van der Waals surface area contributed by atoms with Gasteiger partial charge in [-0.25, -0.2) is 0 Å². The Hall–Kier alpha value is -0.0400. The topological polar surface area (TPSA) is 20.2 Å². The maximum Gasteiger partial charge on any atom is 0.0591 e. The number of rotatable bonds is 2. The van der Waals surface area contributed by atoms with Gasteiger partial charge in [0.25, 0.3) is 0 Å². The Morgan fingerprint density at radius 3 is 2.25 bits per heavy atom. The molecule has 1 heteroatoms. The standard InChI is InChI=1S/C7H14O/c1-3-6(8)7(2)4-5-7/h6,8H,3-5H2,1-2H3/t6-/m1/s1. The highest BCUT2D eigenvalue weighted by molar-refractivity contribution is 4.93. The highest BCUT2D eigenvalue weighted by atomic mass is 16.3. The predicted molar refractivity (Wildman–Crippen MR) is 33.6 cm³/mol. The van der Waals surface area contributed by atoms with Gasteiger partial charge in [-0.15, -0.1) is 0 Å². The van der Waals surface area contributed by atoms with Gasteiger partial charge >= 0.3 is 0 Å². The normalized spacial score (nSPS) is 27.4. The van der Waals surface area contributed by atoms with Crippen LogP contribution in [0, 0.1) is 5.41 Å². The molecule has 0 unspecified atom stereocenters. The van der Waals surface area contributed by atoms with Crippen LogP contribution in [0.25, 0.3) is 0 Å². The highest BCUT2D eigenvalue weighted by Crippen LogP contribution is 2.48. The van der Waals surface area contributed by atoms with Crippen molar-refractivity contribution in [2.24, 2.45) is 5.41 Å². The third kappa shape index (κ3) is 0.873. The second-order valence-corrected chi connectivity index (χ2v) is 3.08. The summed E-state index contributed by atoms with van der Waals surface area (Å²) < 4.78 is 0. The van der Waals surface area contributed by atoms with Gasteiger partial charge in [-0.3, -0.25) is 0 Å². The maximum atomic E-state index is 9.26. The van der Waals surface area contributed by atoms with Crippen LogP contribution in [0.1, 0.15) is 33.1 Å². The molecule has 1 atom stereocenters. The number of aliphatic hydroxyl groups is 1. The average Bonchev–Trinajstić information content (AvgIpc) is 2.47. The molecule has 0 bridgehead atoms. The molecule has 1 saturated carbocycles. The quantitative estimate of drug-likeness (QED) is 0.577. The van der Waals surface area contributed by atoms with Crippen LogP contribution in [-0.4, -0.2) is 11.2 Å². The van der Waals surface area contributed by atoms with Gasteiger partial charge in [0, 0.05) is 0 Å². The summed E-state index contributed by atoms with van der Waals surface area (Å²) in [7, 11) is 0. The van der Waals surface area contributed by atoms with Crippen LogP contribution in [0.15, 0.2) is 0 Å². The zero-order valence-corrected chi connectivity index (χ0v) is 5.65. The van der Waals surface area contributed by atoms with Crippen molar-refractivity contribution in [3.63, 3.8) is 0 Å². The first kappa shape index (κ1) is 6.09. The molecule has 0 heterocycles. The van der Waals surface area contributed by atoms with Crippen molar-refractivity contribution in [2.75, 3.05) is 0 Å². The van der Waals surface area contributed by atoms with E-state index < -0.39 is 0 Å². The van der Waals surface area contributed by atoms with Gasteiger partial charge < -0.3 is 5.11 Å². The van der Waals surface area contributed by atoms with Gasteiger partial charge in [-0.1, -0.05) is 13.8 Å². The van der Waals surface area contributed by atoms with Crippen LogP contribution in [0.2, 0.25) is 0 Å². The lowest BCUT2D eigenvalue weighted by atomic mass is 10.0. The third-order valence-corrected chi connectivity index (χ3v) is 2.23. The first-order chi connectivity index (χ1) is 3.69. The van der Waals surface area contributed by atoms with E-state index in [2.05, 4.69) is 6.92 Å². The molecule has 0 aromatic rings. The Morgan fingerprint density at radius 2 is 2.12 bits per heavy atom. The van der Waals surface area contributed by atoms with Crippen molar-refractivity contribution in [3.05, 3.63) is 0 Å². The zero-order chi connectivity index (χ0) is 6.20. The fourth-order valence-electron chi connectivity index (χ4n) is 1.02. The summed E-state index contributed by atoms with van der Waals surface area (Å²) in [5.41, 5.74) is 0.314. The molecule has 1 aliphatic rings. The summed E-state index contributed by atoms with van der Waals surface area (Å²) in [6.45, 7) is 4.19. The number of hydrogen-bond acceptors (Lipinski definition) is 1. The van der Waals surface area contributed by atoms with Gasteiger partial charge in [0.2, 0.25) is 0 Å². The fraction of sp³-hybridized carbons (Fsp3) is 1.00. The van der Waals surface area contributed by atoms with Crippen molar-refractivity contribution < 1.29 is 5.11 Å². The van der Waals surface area contributed by atoms with Crippen LogP contribution in [-0.2, 0) is 0 Å². The van der Waals surface area contributed by atoms with Crippen LogP contribution in [0.4, 0.5) is 0 Å². The first-order valence-corrected chi connectivity index (χ1v) is 3.37. The minimum absolute atomic E-state index is 0.0394. The predicted octanol–water partition coefficient (Wildman–Crippen LogP) is 1.56. The zero-order valence-electron chi connectivity index (χ0n) is 5.65. The minimum atomic E-state index is -0.0394. The molecule has 0 aliphatic heterocycles. The second-order valence-electron chi connectivity index (χ2n) is 3.08. The van der Waals surface area contributed by atoms with E-state index >= 15 is 0 Å². The van der Waals surface area contributed by atoms with Crippen LogP contribution in [0.5, 0.6) is 0 Å². The van der Waals surface area contributed by atoms with E-state index in [1.807, 2.05) is 6.92 Å². The molecule has 1 rings (SSSR count). The summed E-state index contributed by atoms with van der Waals surface area (Å²) in [6, 6.07) is 0. The molecule has 0 aromatic carbocycles. The molecule has 48 valence electrons. The molecule has 0 aromatic heterocycles. The smallest absolute Gasteiger partial charge is 0.0591 e. The van der Waals surface area contributed by atoms with Crippen LogP contribution < -0.4 is 0 Å². The molecule has 0 saturated heterocycles. The lowest BCUT2D eigenvalue weighted by Crippen LogP contribution is -2.16. The van der Waals surface area contributed by atoms with Gasteiger partial charge in [0.15, 0.2) is 0 Å². The third-order valence-electron chi connectivity index (χ3n) is 2.23. The van der Waals surface area contributed by atoms with Crippen LogP contribution >= 0.6 is 0 Å². The van der Waals surface area contributed by atoms with E-state index in [1.54, 1.807) is 0 Å². The molecule has 0 amide bonds. The molecule has 1 N–H and O–H groups in total. The van der Waals surface area contributed by atoms with Crippen molar-refractivity contribution in [3.8, 4) is 0 Å². The van der Waals surface area contributed by atoms with E-state index in [0.29, 0.717) is 5.41 Å². The Kier molecular flexibility index (Phi) is 1.31. The molecule has 8 heavy (non-hydrogen) atoms. The van der Waals surface area contributed by atoms with Crippen molar-refractivity contribution in [1.82, 2.24) is 0 Å². The maximum absolute atomic E-state index is 9.26. The molecule has 1 aliphatic carbocycles. The highest BCUT2D eigenvalue weighted by Gasteiger charge is 2.42. The monoisotopic (exact) mass is 114 g/mol. The Morgan fingerprint density at radius 1 is 1.62 bits per heavy atom. The largest absolute Gasteiger partial charge is 0.393 e. The van der Waals surface area contributed by atoms with Crippen molar-refractivity contribution in [2.45, 2.75) is 39.2 Å². The second kappa shape index (κ2) is 1.73.